The van der Waals surface area contributed by atoms with Gasteiger partial charge in [-0.15, -0.1) is 0 Å². The number of rotatable bonds is 40. The number of phosphoric acid groups is 1. The summed E-state index contributed by atoms with van der Waals surface area (Å²) in [6, 6.07) is 0. The number of esters is 2. The van der Waals surface area contributed by atoms with E-state index in [0.717, 1.165) is 51.4 Å². The molecule has 2 N–H and O–H groups in total. The minimum atomic E-state index is -4.75. The largest absolute Gasteiger partial charge is 0.469 e. The van der Waals surface area contributed by atoms with Crippen molar-refractivity contribution in [2.24, 2.45) is 0 Å². The van der Waals surface area contributed by atoms with E-state index in [0.29, 0.717) is 6.42 Å². The minimum absolute atomic E-state index is 0.204. The summed E-state index contributed by atoms with van der Waals surface area (Å²) in [6.45, 7) is 3.68. The Morgan fingerprint density at radius 1 is 0.481 bits per heavy atom. The van der Waals surface area contributed by atoms with Crippen LogP contribution < -0.4 is 0 Å². The Morgan fingerprint density at radius 2 is 0.808 bits per heavy atom. The van der Waals surface area contributed by atoms with E-state index in [1.54, 1.807) is 0 Å². The smallest absolute Gasteiger partial charge is 0.462 e. The number of ether oxygens (including phenoxy) is 2. The lowest BCUT2D eigenvalue weighted by Gasteiger charge is -2.18. The van der Waals surface area contributed by atoms with E-state index in [-0.39, 0.29) is 19.4 Å². The zero-order valence-corrected chi connectivity index (χ0v) is 34.6. The standard InChI is InChI=1S/C43H81O8P/c1-3-5-7-9-11-13-15-17-19-20-21-22-24-25-27-29-31-33-35-37-42(44)49-39-41(40-50-52(46,47)48)51-43(45)38-36-34-32-30-28-26-23-18-16-14-12-10-8-6-4-2/h17-19,23,41H,3-16,20-22,24-40H2,1-2H3,(H2,46,47,48)/b19-17-,23-18-/t41-/m1/s1. The zero-order chi connectivity index (χ0) is 38.2. The highest BCUT2D eigenvalue weighted by Crippen LogP contribution is 2.36. The Kier molecular flexibility index (Phi) is 38.1. The van der Waals surface area contributed by atoms with Crippen molar-refractivity contribution in [2.75, 3.05) is 13.2 Å². The molecule has 0 aromatic heterocycles. The first kappa shape index (κ1) is 50.5. The lowest BCUT2D eigenvalue weighted by molar-refractivity contribution is -0.161. The summed E-state index contributed by atoms with van der Waals surface area (Å²) in [7, 11) is -4.75. The van der Waals surface area contributed by atoms with Gasteiger partial charge in [-0.1, -0.05) is 167 Å². The molecule has 0 heterocycles. The Balaban J connectivity index is 3.89. The van der Waals surface area contributed by atoms with Gasteiger partial charge in [0.05, 0.1) is 6.61 Å². The normalized spacial score (nSPS) is 12.6. The average Bonchev–Trinajstić information content (AvgIpc) is 3.11. The van der Waals surface area contributed by atoms with E-state index in [2.05, 4.69) is 42.7 Å². The highest BCUT2D eigenvalue weighted by molar-refractivity contribution is 7.46. The van der Waals surface area contributed by atoms with Gasteiger partial charge in [0, 0.05) is 12.8 Å². The van der Waals surface area contributed by atoms with Crippen LogP contribution in [0.15, 0.2) is 24.3 Å². The molecule has 0 amide bonds. The molecule has 0 spiro atoms. The third-order valence-electron chi connectivity index (χ3n) is 9.44. The highest BCUT2D eigenvalue weighted by atomic mass is 31.2. The van der Waals surface area contributed by atoms with E-state index < -0.39 is 32.5 Å². The fourth-order valence-corrected chi connectivity index (χ4v) is 6.55. The predicted molar refractivity (Wildman–Crippen MR) is 216 cm³/mol. The Hall–Kier alpha value is -1.47. The van der Waals surface area contributed by atoms with E-state index in [1.165, 1.54) is 135 Å². The molecule has 0 aromatic rings. The molecule has 0 aliphatic rings. The van der Waals surface area contributed by atoms with Crippen molar-refractivity contribution in [3.63, 3.8) is 0 Å². The lowest BCUT2D eigenvalue weighted by atomic mass is 10.1. The lowest BCUT2D eigenvalue weighted by Crippen LogP contribution is -2.29. The number of carbonyl (C=O) groups excluding carboxylic acids is 2. The summed E-state index contributed by atoms with van der Waals surface area (Å²) in [5.41, 5.74) is 0. The minimum Gasteiger partial charge on any atom is -0.462 e. The molecule has 0 aliphatic carbocycles. The van der Waals surface area contributed by atoms with Crippen molar-refractivity contribution in [1.82, 2.24) is 0 Å². The molecule has 0 saturated heterocycles. The van der Waals surface area contributed by atoms with Crippen LogP contribution in [0.4, 0.5) is 0 Å². The quantitative estimate of drug-likeness (QED) is 0.0274. The maximum Gasteiger partial charge on any atom is 0.469 e. The molecule has 9 heteroatoms. The van der Waals surface area contributed by atoms with Gasteiger partial charge in [0.2, 0.25) is 0 Å². The number of hydrogen-bond acceptors (Lipinski definition) is 6. The van der Waals surface area contributed by atoms with Gasteiger partial charge in [-0.2, -0.15) is 0 Å². The van der Waals surface area contributed by atoms with Crippen LogP contribution in [-0.4, -0.2) is 41.0 Å². The van der Waals surface area contributed by atoms with E-state index >= 15 is 0 Å². The van der Waals surface area contributed by atoms with Gasteiger partial charge in [-0.3, -0.25) is 14.1 Å². The second kappa shape index (κ2) is 39.2. The summed E-state index contributed by atoms with van der Waals surface area (Å²) in [4.78, 5) is 42.9. The van der Waals surface area contributed by atoms with Gasteiger partial charge in [0.25, 0.3) is 0 Å². The van der Waals surface area contributed by atoms with Crippen molar-refractivity contribution in [1.29, 1.82) is 0 Å². The summed E-state index contributed by atoms with van der Waals surface area (Å²) in [5, 5.41) is 0. The molecule has 8 nitrogen and oxygen atoms in total. The van der Waals surface area contributed by atoms with Crippen molar-refractivity contribution >= 4 is 19.8 Å². The van der Waals surface area contributed by atoms with Gasteiger partial charge in [-0.25, -0.2) is 4.57 Å². The van der Waals surface area contributed by atoms with Crippen LogP contribution in [0.3, 0.4) is 0 Å². The third-order valence-corrected chi connectivity index (χ3v) is 9.93. The van der Waals surface area contributed by atoms with Gasteiger partial charge in [-0.05, 0) is 64.2 Å². The van der Waals surface area contributed by atoms with Crippen LogP contribution in [0.2, 0.25) is 0 Å². The third kappa shape index (κ3) is 41.3. The molecule has 306 valence electrons. The van der Waals surface area contributed by atoms with Crippen LogP contribution in [-0.2, 0) is 28.2 Å². The number of unbranched alkanes of at least 4 members (excludes halogenated alkanes) is 26. The highest BCUT2D eigenvalue weighted by Gasteiger charge is 2.22. The molecule has 52 heavy (non-hydrogen) atoms. The molecule has 0 radical (unpaired) electrons. The Morgan fingerprint density at radius 3 is 1.17 bits per heavy atom. The van der Waals surface area contributed by atoms with Gasteiger partial charge >= 0.3 is 19.8 Å². The van der Waals surface area contributed by atoms with Crippen LogP contribution in [0.5, 0.6) is 0 Å². The molecule has 0 bridgehead atoms. The molecular formula is C43H81O8P. The van der Waals surface area contributed by atoms with Crippen LogP contribution >= 0.6 is 7.82 Å². The average molecular weight is 757 g/mol. The molecule has 0 fully saturated rings. The number of hydrogen-bond donors (Lipinski definition) is 2. The molecule has 0 aliphatic heterocycles. The van der Waals surface area contributed by atoms with Crippen molar-refractivity contribution in [2.45, 2.75) is 225 Å². The maximum atomic E-state index is 12.4. The van der Waals surface area contributed by atoms with E-state index in [4.69, 9.17) is 19.3 Å². The molecule has 0 rings (SSSR count). The Labute approximate surface area is 319 Å². The predicted octanol–water partition coefficient (Wildman–Crippen LogP) is 13.2. The van der Waals surface area contributed by atoms with Crippen LogP contribution in [0, 0.1) is 0 Å². The molecule has 0 aromatic carbocycles. The number of phosphoric ester groups is 1. The second-order valence-electron chi connectivity index (χ2n) is 14.7. The van der Waals surface area contributed by atoms with Crippen molar-refractivity contribution in [3.05, 3.63) is 24.3 Å². The second-order valence-corrected chi connectivity index (χ2v) is 15.9. The molecule has 0 unspecified atom stereocenters. The van der Waals surface area contributed by atoms with Crippen LogP contribution in [0.1, 0.15) is 219 Å². The number of carbonyl (C=O) groups is 2. The van der Waals surface area contributed by atoms with E-state index in [9.17, 15) is 14.2 Å². The van der Waals surface area contributed by atoms with Gasteiger partial charge in [0.15, 0.2) is 6.10 Å². The first-order valence-corrected chi connectivity index (χ1v) is 23.2. The summed E-state index contributed by atoms with van der Waals surface area (Å²) in [5.74, 6) is -0.890. The van der Waals surface area contributed by atoms with Gasteiger partial charge < -0.3 is 19.3 Å². The maximum absolute atomic E-state index is 12.4. The van der Waals surface area contributed by atoms with Crippen LogP contribution in [0.25, 0.3) is 0 Å². The van der Waals surface area contributed by atoms with Gasteiger partial charge in [0.1, 0.15) is 6.61 Å². The first-order chi connectivity index (χ1) is 25.3. The summed E-state index contributed by atoms with van der Waals surface area (Å²) >= 11 is 0. The fourth-order valence-electron chi connectivity index (χ4n) is 6.19. The van der Waals surface area contributed by atoms with Crippen molar-refractivity contribution < 1.29 is 37.9 Å². The molecule has 0 saturated carbocycles. The molecule has 1 atom stereocenters. The first-order valence-electron chi connectivity index (χ1n) is 21.6. The Bertz CT molecular complexity index is 900. The summed E-state index contributed by atoms with van der Waals surface area (Å²) in [6.07, 6.45) is 44.7. The number of allylic oxidation sites excluding steroid dienone is 4. The SMILES string of the molecule is CCCCCCCC/C=C\CCCCCCCCCCCC(=O)OC[C@H](COP(=O)(O)O)OC(=O)CCCCCCC/C=C\CCCCCCCC. The fraction of sp³-hybridized carbons (Fsp3) is 0.860. The zero-order valence-electron chi connectivity index (χ0n) is 33.7. The van der Waals surface area contributed by atoms with E-state index in [1.807, 2.05) is 0 Å². The monoisotopic (exact) mass is 757 g/mol. The van der Waals surface area contributed by atoms with Crippen molar-refractivity contribution in [3.8, 4) is 0 Å². The summed E-state index contributed by atoms with van der Waals surface area (Å²) < 4.78 is 26.4. The topological polar surface area (TPSA) is 119 Å². The molecular weight excluding hydrogens is 675 g/mol.